The van der Waals surface area contributed by atoms with Gasteiger partial charge in [-0.3, -0.25) is 14.3 Å². The molecule has 0 unspecified atom stereocenters. The largest absolute Gasteiger partial charge is 0.492 e. The number of nitrogens with one attached hydrogen (secondary N) is 1. The van der Waals surface area contributed by atoms with Gasteiger partial charge in [-0.25, -0.2) is 0 Å². The molecule has 0 bridgehead atoms. The number of fused-ring (bicyclic) bond motifs is 1. The third-order valence-corrected chi connectivity index (χ3v) is 5.98. The highest BCUT2D eigenvalue weighted by atomic mass is 16.5. The van der Waals surface area contributed by atoms with Gasteiger partial charge in [0.25, 0.3) is 5.56 Å². The van der Waals surface area contributed by atoms with E-state index < -0.39 is 0 Å². The minimum atomic E-state index is -0.138. The summed E-state index contributed by atoms with van der Waals surface area (Å²) in [6.45, 7) is 5.94. The van der Waals surface area contributed by atoms with Gasteiger partial charge in [-0.1, -0.05) is 30.3 Å². The van der Waals surface area contributed by atoms with Gasteiger partial charge < -0.3 is 9.64 Å². The van der Waals surface area contributed by atoms with Crippen LogP contribution < -0.4 is 10.3 Å². The van der Waals surface area contributed by atoms with E-state index in [0.29, 0.717) is 18.0 Å². The lowest BCUT2D eigenvalue weighted by atomic mass is 10.0. The Morgan fingerprint density at radius 3 is 2.56 bits per heavy atom. The van der Waals surface area contributed by atoms with Crippen molar-refractivity contribution in [1.82, 2.24) is 29.8 Å². The fourth-order valence-corrected chi connectivity index (χ4v) is 4.09. The lowest BCUT2D eigenvalue weighted by Crippen LogP contribution is -2.45. The zero-order valence-electron chi connectivity index (χ0n) is 18.1. The summed E-state index contributed by atoms with van der Waals surface area (Å²) in [4.78, 5) is 18.2. The van der Waals surface area contributed by atoms with E-state index in [4.69, 9.17) is 4.74 Å². The number of nitrogens with zero attached hydrogens (tertiary/aromatic N) is 5. The summed E-state index contributed by atoms with van der Waals surface area (Å²) in [7, 11) is 2.16. The Morgan fingerprint density at radius 1 is 1.03 bits per heavy atom. The monoisotopic (exact) mass is 430 g/mol. The van der Waals surface area contributed by atoms with Gasteiger partial charge in [0.2, 0.25) is 0 Å². The molecule has 8 nitrogen and oxygen atoms in total. The molecule has 1 N–H and O–H groups in total. The SMILES string of the molecule is CN1CCN(CCOc2ccc(-c3cc4ccccc4n(-c4cn[nH]n4)c3=O)cc2)CC1. The Kier molecular flexibility index (Phi) is 5.70. The maximum absolute atomic E-state index is 13.4. The third-order valence-electron chi connectivity index (χ3n) is 5.98. The van der Waals surface area contributed by atoms with E-state index in [1.54, 1.807) is 10.8 Å². The lowest BCUT2D eigenvalue weighted by Gasteiger charge is -2.32. The second kappa shape index (κ2) is 8.94. The van der Waals surface area contributed by atoms with Crippen molar-refractivity contribution in [1.29, 1.82) is 0 Å². The number of benzene rings is 2. The number of H-pyrrole nitrogens is 1. The molecule has 164 valence electrons. The number of para-hydroxylation sites is 1. The summed E-state index contributed by atoms with van der Waals surface area (Å²) in [6, 6.07) is 17.4. The van der Waals surface area contributed by atoms with Crippen LogP contribution in [0.25, 0.3) is 27.8 Å². The van der Waals surface area contributed by atoms with Crippen LogP contribution in [0.1, 0.15) is 0 Å². The first-order valence-electron chi connectivity index (χ1n) is 10.8. The number of ether oxygens (including phenoxy) is 1. The summed E-state index contributed by atoms with van der Waals surface area (Å²) in [6.07, 6.45) is 1.55. The standard InChI is InChI=1S/C24H26N6O2/c1-28-10-12-29(13-11-28)14-15-32-20-8-6-18(7-9-20)21-16-19-4-2-3-5-22(19)30(24(21)31)23-17-25-27-26-23/h2-9,16-17H,10-15H2,1H3,(H,25,26,27). The highest BCUT2D eigenvalue weighted by Gasteiger charge is 2.15. The van der Waals surface area contributed by atoms with Gasteiger partial charge in [0, 0.05) is 38.3 Å². The van der Waals surface area contributed by atoms with E-state index in [0.717, 1.165) is 54.9 Å². The molecule has 0 saturated carbocycles. The van der Waals surface area contributed by atoms with Crippen LogP contribution in [0.2, 0.25) is 0 Å². The Labute approximate surface area is 186 Å². The first-order valence-corrected chi connectivity index (χ1v) is 10.8. The fourth-order valence-electron chi connectivity index (χ4n) is 4.09. The first-order chi connectivity index (χ1) is 15.7. The number of aromatic nitrogens is 4. The molecular weight excluding hydrogens is 404 g/mol. The van der Waals surface area contributed by atoms with E-state index in [1.165, 1.54) is 0 Å². The zero-order valence-corrected chi connectivity index (χ0v) is 18.1. The van der Waals surface area contributed by atoms with Crippen molar-refractivity contribution in [2.75, 3.05) is 46.4 Å². The Morgan fingerprint density at radius 2 is 1.81 bits per heavy atom. The normalized spacial score (nSPS) is 15.3. The van der Waals surface area contributed by atoms with Crippen LogP contribution in [0.3, 0.4) is 0 Å². The molecule has 1 aliphatic rings. The molecule has 3 heterocycles. The van der Waals surface area contributed by atoms with Gasteiger partial charge in [0.1, 0.15) is 12.4 Å². The number of hydrogen-bond donors (Lipinski definition) is 1. The maximum atomic E-state index is 13.4. The smallest absolute Gasteiger partial charge is 0.264 e. The molecule has 0 amide bonds. The third kappa shape index (κ3) is 4.15. The van der Waals surface area contributed by atoms with Gasteiger partial charge in [0.15, 0.2) is 5.82 Å². The van der Waals surface area contributed by atoms with Crippen molar-refractivity contribution in [3.63, 3.8) is 0 Å². The van der Waals surface area contributed by atoms with Crippen LogP contribution in [0.15, 0.2) is 65.6 Å². The molecule has 8 heteroatoms. The van der Waals surface area contributed by atoms with Crippen molar-refractivity contribution in [3.8, 4) is 22.7 Å². The Bertz CT molecular complexity index is 1240. The average Bonchev–Trinajstić information content (AvgIpc) is 3.35. The second-order valence-corrected chi connectivity index (χ2v) is 8.10. The van der Waals surface area contributed by atoms with E-state index in [1.807, 2.05) is 54.6 Å². The van der Waals surface area contributed by atoms with Crippen molar-refractivity contribution in [3.05, 3.63) is 71.1 Å². The number of hydrogen-bond acceptors (Lipinski definition) is 6. The summed E-state index contributed by atoms with van der Waals surface area (Å²) >= 11 is 0. The van der Waals surface area contributed by atoms with E-state index >= 15 is 0 Å². The molecule has 0 spiro atoms. The van der Waals surface area contributed by atoms with Gasteiger partial charge in [0.05, 0.1) is 11.7 Å². The van der Waals surface area contributed by atoms with Crippen LogP contribution >= 0.6 is 0 Å². The van der Waals surface area contributed by atoms with Crippen LogP contribution in [0, 0.1) is 0 Å². The predicted molar refractivity (Wildman–Crippen MR) is 124 cm³/mol. The number of rotatable bonds is 6. The number of piperazine rings is 1. The summed E-state index contributed by atoms with van der Waals surface area (Å²) in [5.41, 5.74) is 2.10. The average molecular weight is 431 g/mol. The van der Waals surface area contributed by atoms with Gasteiger partial charge in [-0.05, 0) is 42.3 Å². The first kappa shape index (κ1) is 20.4. The predicted octanol–water partition coefficient (Wildman–Crippen LogP) is 2.40. The Hall–Kier alpha value is -3.49. The molecule has 1 aliphatic heterocycles. The highest BCUT2D eigenvalue weighted by molar-refractivity contribution is 5.85. The van der Waals surface area contributed by atoms with Crippen molar-refractivity contribution in [2.45, 2.75) is 0 Å². The summed E-state index contributed by atoms with van der Waals surface area (Å²) < 4.78 is 7.54. The topological polar surface area (TPSA) is 79.3 Å². The van der Waals surface area contributed by atoms with E-state index in [-0.39, 0.29) is 5.56 Å². The molecule has 1 fully saturated rings. The fraction of sp³-hybridized carbons (Fsp3) is 0.292. The van der Waals surface area contributed by atoms with E-state index in [2.05, 4.69) is 32.3 Å². The minimum Gasteiger partial charge on any atom is -0.492 e. The van der Waals surface area contributed by atoms with Crippen molar-refractivity contribution >= 4 is 10.9 Å². The van der Waals surface area contributed by atoms with Crippen LogP contribution in [-0.4, -0.2) is 76.2 Å². The second-order valence-electron chi connectivity index (χ2n) is 8.10. The maximum Gasteiger partial charge on any atom is 0.264 e. The number of pyridine rings is 1. The lowest BCUT2D eigenvalue weighted by molar-refractivity contribution is 0.134. The molecule has 1 saturated heterocycles. The zero-order chi connectivity index (χ0) is 21.9. The van der Waals surface area contributed by atoms with E-state index in [9.17, 15) is 4.79 Å². The van der Waals surface area contributed by atoms with Crippen molar-refractivity contribution < 1.29 is 4.74 Å². The van der Waals surface area contributed by atoms with Gasteiger partial charge in [-0.2, -0.15) is 10.3 Å². The molecule has 5 rings (SSSR count). The molecular formula is C24H26N6O2. The molecule has 4 aromatic rings. The van der Waals surface area contributed by atoms with Crippen LogP contribution in [-0.2, 0) is 0 Å². The molecule has 2 aromatic carbocycles. The molecule has 2 aromatic heterocycles. The highest BCUT2D eigenvalue weighted by Crippen LogP contribution is 2.24. The Balaban J connectivity index is 1.37. The number of likely N-dealkylation sites (N-methyl/N-ethyl adjacent to an activating group) is 1. The summed E-state index contributed by atoms with van der Waals surface area (Å²) in [5, 5.41) is 11.5. The number of aromatic amines is 1. The molecule has 32 heavy (non-hydrogen) atoms. The van der Waals surface area contributed by atoms with Gasteiger partial charge >= 0.3 is 0 Å². The quantitative estimate of drug-likeness (QED) is 0.506. The molecule has 0 radical (unpaired) electrons. The summed E-state index contributed by atoms with van der Waals surface area (Å²) in [5.74, 6) is 1.28. The molecule has 0 atom stereocenters. The van der Waals surface area contributed by atoms with Gasteiger partial charge in [-0.15, -0.1) is 5.10 Å². The minimum absolute atomic E-state index is 0.138. The molecule has 0 aliphatic carbocycles. The van der Waals surface area contributed by atoms with Crippen LogP contribution in [0.5, 0.6) is 5.75 Å². The van der Waals surface area contributed by atoms with Crippen LogP contribution in [0.4, 0.5) is 0 Å². The van der Waals surface area contributed by atoms with Crippen molar-refractivity contribution in [2.24, 2.45) is 0 Å².